The molecular weight excluding hydrogens is 290 g/mol. The third kappa shape index (κ3) is 3.55. The van der Waals surface area contributed by atoms with Crippen molar-refractivity contribution in [3.05, 3.63) is 75.2 Å². The number of sulfone groups is 1. The Labute approximate surface area is 122 Å². The Kier molecular flexibility index (Phi) is 4.18. The van der Waals surface area contributed by atoms with Crippen molar-refractivity contribution in [3.63, 3.8) is 0 Å². The summed E-state index contributed by atoms with van der Waals surface area (Å²) < 4.78 is 24.3. The smallest absolute Gasteiger partial charge is 0.258 e. The molecule has 0 aliphatic heterocycles. The van der Waals surface area contributed by atoms with Crippen molar-refractivity contribution in [2.45, 2.75) is 11.8 Å². The molecule has 0 unspecified atom stereocenters. The highest BCUT2D eigenvalue weighted by atomic mass is 32.2. The second kappa shape index (κ2) is 5.88. The van der Waals surface area contributed by atoms with E-state index in [1.807, 2.05) is 31.2 Å². The summed E-state index contributed by atoms with van der Waals surface area (Å²) in [5.41, 5.74) is 1.63. The molecule has 6 heteroatoms. The summed E-state index contributed by atoms with van der Waals surface area (Å²) in [6, 6.07) is 12.2. The topological polar surface area (TPSA) is 77.3 Å². The lowest BCUT2D eigenvalue weighted by atomic mass is 10.1. The molecule has 2 rings (SSSR count). The highest BCUT2D eigenvalue weighted by molar-refractivity contribution is 7.94. The van der Waals surface area contributed by atoms with E-state index < -0.39 is 14.8 Å². The van der Waals surface area contributed by atoms with E-state index >= 15 is 0 Å². The number of nitro benzene ring substituents is 1. The number of nitrogens with zero attached hydrogens (tertiary/aromatic N) is 1. The molecule has 21 heavy (non-hydrogen) atoms. The fraction of sp³-hybridized carbons (Fsp3) is 0.0667. The Morgan fingerprint density at radius 3 is 2.24 bits per heavy atom. The van der Waals surface area contributed by atoms with Gasteiger partial charge in [0, 0.05) is 17.5 Å². The molecule has 0 heterocycles. The lowest BCUT2D eigenvalue weighted by Crippen LogP contribution is -1.97. The average molecular weight is 303 g/mol. The molecule has 5 nitrogen and oxygen atoms in total. The van der Waals surface area contributed by atoms with E-state index in [0.717, 1.165) is 16.5 Å². The van der Waals surface area contributed by atoms with Gasteiger partial charge < -0.3 is 0 Å². The minimum atomic E-state index is -3.62. The summed E-state index contributed by atoms with van der Waals surface area (Å²) >= 11 is 0. The zero-order valence-corrected chi connectivity index (χ0v) is 12.1. The van der Waals surface area contributed by atoms with Crippen LogP contribution in [0, 0.1) is 17.0 Å². The molecule has 0 spiro atoms. The van der Waals surface area contributed by atoms with Crippen LogP contribution >= 0.6 is 0 Å². The van der Waals surface area contributed by atoms with Gasteiger partial charge in [0.25, 0.3) is 5.69 Å². The van der Waals surface area contributed by atoms with Crippen molar-refractivity contribution in [3.8, 4) is 0 Å². The van der Waals surface area contributed by atoms with E-state index in [1.54, 1.807) is 0 Å². The van der Waals surface area contributed by atoms with Gasteiger partial charge in [-0.05, 0) is 36.3 Å². The predicted octanol–water partition coefficient (Wildman–Crippen LogP) is 3.35. The number of aryl methyl sites for hydroxylation is 1. The Hall–Kier alpha value is -2.47. The van der Waals surface area contributed by atoms with Crippen molar-refractivity contribution < 1.29 is 13.3 Å². The summed E-state index contributed by atoms with van der Waals surface area (Å²) in [7, 11) is -3.62. The highest BCUT2D eigenvalue weighted by Crippen LogP contribution is 2.19. The molecule has 2 aromatic carbocycles. The van der Waals surface area contributed by atoms with Crippen LogP contribution in [-0.2, 0) is 9.84 Å². The van der Waals surface area contributed by atoms with Crippen molar-refractivity contribution in [2.75, 3.05) is 0 Å². The highest BCUT2D eigenvalue weighted by Gasteiger charge is 2.12. The van der Waals surface area contributed by atoms with E-state index in [-0.39, 0.29) is 10.6 Å². The standard InChI is InChI=1S/C15H13NO4S/c1-12-4-2-3-5-13(12)10-11-21(19,20)15-8-6-14(7-9-15)16(17)18/h2-11H,1H3/b11-10+. The molecular formula is C15H13NO4S. The lowest BCUT2D eigenvalue weighted by molar-refractivity contribution is -0.384. The fourth-order valence-corrected chi connectivity index (χ4v) is 2.77. The number of nitro groups is 1. The van der Waals surface area contributed by atoms with Gasteiger partial charge in [0.05, 0.1) is 9.82 Å². The van der Waals surface area contributed by atoms with Crippen molar-refractivity contribution in [2.24, 2.45) is 0 Å². The fourth-order valence-electron chi connectivity index (χ4n) is 1.77. The number of benzene rings is 2. The van der Waals surface area contributed by atoms with Crippen LogP contribution < -0.4 is 0 Å². The van der Waals surface area contributed by atoms with Gasteiger partial charge >= 0.3 is 0 Å². The molecule has 0 aliphatic carbocycles. The molecule has 0 saturated heterocycles. The second-order valence-electron chi connectivity index (χ2n) is 4.46. The molecule has 0 saturated carbocycles. The third-order valence-electron chi connectivity index (χ3n) is 2.99. The molecule has 0 N–H and O–H groups in total. The maximum atomic E-state index is 12.1. The molecule has 0 fully saturated rings. The van der Waals surface area contributed by atoms with Crippen LogP contribution in [0.3, 0.4) is 0 Å². The van der Waals surface area contributed by atoms with Crippen molar-refractivity contribution in [1.29, 1.82) is 0 Å². The van der Waals surface area contributed by atoms with Gasteiger partial charge in [-0.1, -0.05) is 24.3 Å². The SMILES string of the molecule is Cc1ccccc1/C=C/S(=O)(=O)c1ccc([N+](=O)[O-])cc1. The van der Waals surface area contributed by atoms with Crippen LogP contribution in [0.2, 0.25) is 0 Å². The molecule has 0 radical (unpaired) electrons. The van der Waals surface area contributed by atoms with Crippen molar-refractivity contribution in [1.82, 2.24) is 0 Å². The number of rotatable bonds is 4. The quantitative estimate of drug-likeness (QED) is 0.641. The van der Waals surface area contributed by atoms with E-state index in [9.17, 15) is 18.5 Å². The van der Waals surface area contributed by atoms with Gasteiger partial charge in [-0.25, -0.2) is 8.42 Å². The van der Waals surface area contributed by atoms with Gasteiger partial charge in [-0.3, -0.25) is 10.1 Å². The molecule has 0 aliphatic rings. The van der Waals surface area contributed by atoms with Crippen molar-refractivity contribution >= 4 is 21.6 Å². The maximum Gasteiger partial charge on any atom is 0.269 e. The lowest BCUT2D eigenvalue weighted by Gasteiger charge is -2.01. The zero-order chi connectivity index (χ0) is 15.5. The number of hydrogen-bond acceptors (Lipinski definition) is 4. The summed E-state index contributed by atoms with van der Waals surface area (Å²) in [5.74, 6) is 0. The Balaban J connectivity index is 2.30. The minimum absolute atomic E-state index is 0.0259. The number of hydrogen-bond donors (Lipinski definition) is 0. The first-order valence-electron chi connectivity index (χ1n) is 6.13. The van der Waals surface area contributed by atoms with Crippen LogP contribution in [0.25, 0.3) is 6.08 Å². The van der Waals surface area contributed by atoms with Crippen LogP contribution in [0.1, 0.15) is 11.1 Å². The summed E-state index contributed by atoms with van der Waals surface area (Å²) in [5, 5.41) is 11.7. The van der Waals surface area contributed by atoms with E-state index in [1.165, 1.54) is 30.3 Å². The Morgan fingerprint density at radius 2 is 1.67 bits per heavy atom. The zero-order valence-electron chi connectivity index (χ0n) is 11.3. The van der Waals surface area contributed by atoms with E-state index in [4.69, 9.17) is 0 Å². The molecule has 0 bridgehead atoms. The van der Waals surface area contributed by atoms with Crippen LogP contribution in [0.5, 0.6) is 0 Å². The average Bonchev–Trinajstić information content (AvgIpc) is 2.46. The largest absolute Gasteiger partial charge is 0.269 e. The van der Waals surface area contributed by atoms with E-state index in [2.05, 4.69) is 0 Å². The normalized spacial score (nSPS) is 11.7. The molecule has 0 aromatic heterocycles. The third-order valence-corrected chi connectivity index (χ3v) is 4.41. The Bertz CT molecular complexity index is 793. The molecule has 2 aromatic rings. The summed E-state index contributed by atoms with van der Waals surface area (Å²) in [6.45, 7) is 1.89. The predicted molar refractivity (Wildman–Crippen MR) is 80.5 cm³/mol. The van der Waals surface area contributed by atoms with Gasteiger partial charge in [0.1, 0.15) is 0 Å². The van der Waals surface area contributed by atoms with Gasteiger partial charge in [0.2, 0.25) is 0 Å². The second-order valence-corrected chi connectivity index (χ2v) is 6.29. The summed E-state index contributed by atoms with van der Waals surface area (Å²) in [4.78, 5) is 10.0. The monoisotopic (exact) mass is 303 g/mol. The van der Waals surface area contributed by atoms with Crippen LogP contribution in [0.4, 0.5) is 5.69 Å². The van der Waals surface area contributed by atoms with Gasteiger partial charge in [0.15, 0.2) is 9.84 Å². The Morgan fingerprint density at radius 1 is 1.05 bits per heavy atom. The van der Waals surface area contributed by atoms with E-state index in [0.29, 0.717) is 0 Å². The first-order valence-corrected chi connectivity index (χ1v) is 7.68. The molecule has 108 valence electrons. The first-order chi connectivity index (χ1) is 9.90. The number of non-ortho nitro benzene ring substituents is 1. The molecule has 0 amide bonds. The maximum absolute atomic E-state index is 12.1. The van der Waals surface area contributed by atoms with Crippen LogP contribution in [0.15, 0.2) is 58.8 Å². The first kappa shape index (κ1) is 14.9. The van der Waals surface area contributed by atoms with Gasteiger partial charge in [-0.15, -0.1) is 0 Å². The molecule has 0 atom stereocenters. The summed E-state index contributed by atoms with van der Waals surface area (Å²) in [6.07, 6.45) is 1.52. The van der Waals surface area contributed by atoms with Crippen LogP contribution in [-0.4, -0.2) is 13.3 Å². The van der Waals surface area contributed by atoms with Gasteiger partial charge in [-0.2, -0.15) is 0 Å². The minimum Gasteiger partial charge on any atom is -0.258 e.